The lowest BCUT2D eigenvalue weighted by Gasteiger charge is -2.33. The van der Waals surface area contributed by atoms with Gasteiger partial charge in [0.05, 0.1) is 17.2 Å². The summed E-state index contributed by atoms with van der Waals surface area (Å²) in [5.74, 6) is -0.145. The van der Waals surface area contributed by atoms with Gasteiger partial charge in [-0.15, -0.1) is 0 Å². The predicted octanol–water partition coefficient (Wildman–Crippen LogP) is 5.46. The molecule has 0 bridgehead atoms. The highest BCUT2D eigenvalue weighted by Gasteiger charge is 2.33. The fraction of sp³-hybridized carbons (Fsp3) is 0.394. The topological polar surface area (TPSA) is 96.0 Å². The van der Waals surface area contributed by atoms with E-state index in [-0.39, 0.29) is 23.4 Å². The minimum atomic E-state index is -4.13. The molecule has 1 atom stereocenters. The molecule has 1 unspecified atom stereocenters. The Morgan fingerprint density at radius 1 is 0.929 bits per heavy atom. The van der Waals surface area contributed by atoms with Crippen LogP contribution in [-0.4, -0.2) is 50.4 Å². The van der Waals surface area contributed by atoms with Gasteiger partial charge < -0.3 is 15.0 Å². The first-order valence-corrected chi connectivity index (χ1v) is 16.1. The lowest BCUT2D eigenvalue weighted by molar-refractivity contribution is -0.139. The zero-order chi connectivity index (χ0) is 30.1. The van der Waals surface area contributed by atoms with E-state index in [4.69, 9.17) is 4.74 Å². The minimum absolute atomic E-state index is 0.0381. The van der Waals surface area contributed by atoms with Gasteiger partial charge >= 0.3 is 0 Å². The zero-order valence-corrected chi connectivity index (χ0v) is 25.5. The zero-order valence-electron chi connectivity index (χ0n) is 24.7. The van der Waals surface area contributed by atoms with E-state index in [1.54, 1.807) is 49.4 Å². The Morgan fingerprint density at radius 2 is 1.57 bits per heavy atom. The third-order valence-corrected chi connectivity index (χ3v) is 9.55. The van der Waals surface area contributed by atoms with Crippen LogP contribution in [0.15, 0.2) is 83.8 Å². The Labute approximate surface area is 249 Å². The van der Waals surface area contributed by atoms with E-state index in [1.165, 1.54) is 17.0 Å². The van der Waals surface area contributed by atoms with Gasteiger partial charge in [0, 0.05) is 12.6 Å². The van der Waals surface area contributed by atoms with Crippen LogP contribution in [0.5, 0.6) is 5.75 Å². The van der Waals surface area contributed by atoms with Crippen LogP contribution in [0.25, 0.3) is 0 Å². The number of carbonyl (C=O) groups is 2. The van der Waals surface area contributed by atoms with Gasteiger partial charge in [0.1, 0.15) is 18.3 Å². The van der Waals surface area contributed by atoms with Crippen molar-refractivity contribution < 1.29 is 22.7 Å². The van der Waals surface area contributed by atoms with Crippen LogP contribution in [0.3, 0.4) is 0 Å². The third-order valence-electron chi connectivity index (χ3n) is 7.77. The molecule has 3 aromatic rings. The first-order chi connectivity index (χ1) is 20.2. The smallest absolute Gasteiger partial charge is 0.264 e. The molecule has 3 aromatic carbocycles. The fourth-order valence-electron chi connectivity index (χ4n) is 5.25. The van der Waals surface area contributed by atoms with Crippen molar-refractivity contribution in [3.63, 3.8) is 0 Å². The second-order valence-corrected chi connectivity index (χ2v) is 12.6. The molecule has 0 saturated heterocycles. The van der Waals surface area contributed by atoms with Gasteiger partial charge in [0.15, 0.2) is 0 Å². The summed E-state index contributed by atoms with van der Waals surface area (Å²) in [6.07, 6.45) is 5.15. The maximum Gasteiger partial charge on any atom is 0.264 e. The van der Waals surface area contributed by atoms with Gasteiger partial charge in [0.25, 0.3) is 10.0 Å². The van der Waals surface area contributed by atoms with Crippen molar-refractivity contribution in [3.05, 3.63) is 90.0 Å². The highest BCUT2D eigenvalue weighted by atomic mass is 32.2. The van der Waals surface area contributed by atoms with Crippen LogP contribution in [0.2, 0.25) is 0 Å². The molecule has 1 saturated carbocycles. The maximum absolute atomic E-state index is 14.1. The molecule has 224 valence electrons. The van der Waals surface area contributed by atoms with Crippen molar-refractivity contribution in [1.82, 2.24) is 10.2 Å². The average Bonchev–Trinajstić information content (AvgIpc) is 3.00. The first kappa shape index (κ1) is 31.1. The second kappa shape index (κ2) is 14.4. The van der Waals surface area contributed by atoms with Crippen molar-refractivity contribution in [2.24, 2.45) is 0 Å². The number of carbonyl (C=O) groups excluding carboxylic acids is 2. The van der Waals surface area contributed by atoms with Crippen LogP contribution in [0, 0.1) is 6.92 Å². The Morgan fingerprint density at radius 3 is 2.21 bits per heavy atom. The van der Waals surface area contributed by atoms with E-state index in [0.717, 1.165) is 47.5 Å². The molecule has 8 nitrogen and oxygen atoms in total. The summed E-state index contributed by atoms with van der Waals surface area (Å²) in [5, 5.41) is 3.13. The van der Waals surface area contributed by atoms with Crippen molar-refractivity contribution in [1.29, 1.82) is 0 Å². The summed E-state index contributed by atoms with van der Waals surface area (Å²) in [7, 11) is -4.13. The highest BCUT2D eigenvalue weighted by Crippen LogP contribution is 2.26. The lowest BCUT2D eigenvalue weighted by Crippen LogP contribution is -2.53. The molecule has 42 heavy (non-hydrogen) atoms. The van der Waals surface area contributed by atoms with Gasteiger partial charge in [-0.25, -0.2) is 8.42 Å². The first-order valence-electron chi connectivity index (χ1n) is 14.7. The molecule has 1 aliphatic carbocycles. The number of rotatable bonds is 12. The number of aryl methyl sites for hydroxylation is 1. The monoisotopic (exact) mass is 591 g/mol. The molecule has 0 aromatic heterocycles. The van der Waals surface area contributed by atoms with Crippen molar-refractivity contribution >= 4 is 27.5 Å². The Balaban J connectivity index is 1.65. The number of hydrogen-bond donors (Lipinski definition) is 1. The minimum Gasteiger partial charge on any atom is -0.494 e. The molecule has 1 aliphatic rings. The number of nitrogens with zero attached hydrogens (tertiary/aromatic N) is 2. The molecule has 9 heteroatoms. The molecule has 1 N–H and O–H groups in total. The van der Waals surface area contributed by atoms with E-state index >= 15 is 0 Å². The number of benzene rings is 3. The number of nitrogens with one attached hydrogen (secondary N) is 1. The third kappa shape index (κ3) is 7.70. The maximum atomic E-state index is 14.1. The molecular weight excluding hydrogens is 550 g/mol. The number of ether oxygens (including phenoxy) is 1. The van der Waals surface area contributed by atoms with Crippen molar-refractivity contribution in [2.45, 2.75) is 76.4 Å². The van der Waals surface area contributed by atoms with E-state index < -0.39 is 28.5 Å². The molecule has 1 fully saturated rings. The summed E-state index contributed by atoms with van der Waals surface area (Å²) >= 11 is 0. The number of hydrogen-bond acceptors (Lipinski definition) is 5. The number of anilines is 1. The lowest BCUT2D eigenvalue weighted by atomic mass is 9.95. The van der Waals surface area contributed by atoms with Crippen LogP contribution in [0.1, 0.15) is 57.1 Å². The molecule has 0 spiro atoms. The van der Waals surface area contributed by atoms with Gasteiger partial charge in [-0.3, -0.25) is 13.9 Å². The SMILES string of the molecule is CCOc1ccc(S(=O)(=O)N(CC(=O)N(Cc2ccccc2C)C(C)C(=O)NC2CCCCC2)c2ccccc2)cc1. The average molecular weight is 592 g/mol. The van der Waals surface area contributed by atoms with Crippen LogP contribution >= 0.6 is 0 Å². The van der Waals surface area contributed by atoms with Gasteiger partial charge in [0.2, 0.25) is 11.8 Å². The molecule has 2 amide bonds. The fourth-order valence-corrected chi connectivity index (χ4v) is 6.66. The van der Waals surface area contributed by atoms with Gasteiger partial charge in [-0.1, -0.05) is 61.7 Å². The molecule has 0 aliphatic heterocycles. The normalized spacial score (nSPS) is 14.5. The number of para-hydroxylation sites is 1. The molecular formula is C33H41N3O5S. The van der Waals surface area contributed by atoms with Gasteiger partial charge in [-0.05, 0) is 81.1 Å². The van der Waals surface area contributed by atoms with Crippen LogP contribution < -0.4 is 14.4 Å². The Bertz CT molecular complexity index is 1440. The second-order valence-electron chi connectivity index (χ2n) is 10.7. The number of sulfonamides is 1. The van der Waals surface area contributed by atoms with E-state index in [9.17, 15) is 18.0 Å². The van der Waals surface area contributed by atoms with Gasteiger partial charge in [-0.2, -0.15) is 0 Å². The molecule has 4 rings (SSSR count). The van der Waals surface area contributed by atoms with E-state index in [0.29, 0.717) is 18.0 Å². The van der Waals surface area contributed by atoms with E-state index in [1.807, 2.05) is 38.1 Å². The highest BCUT2D eigenvalue weighted by molar-refractivity contribution is 7.92. The largest absolute Gasteiger partial charge is 0.494 e. The summed E-state index contributed by atoms with van der Waals surface area (Å²) < 4.78 is 34.5. The molecule has 0 heterocycles. The Hall–Kier alpha value is -3.85. The van der Waals surface area contributed by atoms with Crippen molar-refractivity contribution in [2.75, 3.05) is 17.5 Å². The quantitative estimate of drug-likeness (QED) is 0.302. The summed E-state index contributed by atoms with van der Waals surface area (Å²) in [6.45, 7) is 5.69. The van der Waals surface area contributed by atoms with Crippen LogP contribution in [-0.2, 0) is 26.2 Å². The summed E-state index contributed by atoms with van der Waals surface area (Å²) in [6, 6.07) is 21.7. The Kier molecular flexibility index (Phi) is 10.6. The van der Waals surface area contributed by atoms with Crippen molar-refractivity contribution in [3.8, 4) is 5.75 Å². The standard InChI is InChI=1S/C33H41N3O5S/c1-4-41-30-19-21-31(22-20-30)42(39,40)36(29-17-9-6-10-18-29)24-32(37)35(23-27-14-12-11-13-25(27)2)26(3)33(38)34-28-15-7-5-8-16-28/h6,9-14,17-22,26,28H,4-5,7-8,15-16,23-24H2,1-3H3,(H,34,38). The van der Waals surface area contributed by atoms with E-state index in [2.05, 4.69) is 5.32 Å². The predicted molar refractivity (Wildman–Crippen MR) is 165 cm³/mol. The summed E-state index contributed by atoms with van der Waals surface area (Å²) in [5.41, 5.74) is 2.23. The molecule has 0 radical (unpaired) electrons. The van der Waals surface area contributed by atoms with Crippen LogP contribution in [0.4, 0.5) is 5.69 Å². The number of amides is 2. The summed E-state index contributed by atoms with van der Waals surface area (Å²) in [4.78, 5) is 29.1.